The maximum Gasteiger partial charge on any atom is 0.248 e. The molecule has 2 bridgehead atoms. The van der Waals surface area contributed by atoms with E-state index >= 15 is 0 Å². The number of anilines is 1. The van der Waals surface area contributed by atoms with E-state index in [1.165, 1.54) is 0 Å². The van der Waals surface area contributed by atoms with Gasteiger partial charge in [-0.1, -0.05) is 0 Å². The molecule has 2 aliphatic heterocycles. The number of ether oxygens (including phenoxy) is 1. The van der Waals surface area contributed by atoms with Crippen LogP contribution in [-0.4, -0.2) is 47.6 Å². The van der Waals surface area contributed by atoms with Gasteiger partial charge >= 0.3 is 0 Å². The number of rotatable bonds is 5. The quantitative estimate of drug-likeness (QED) is 0.738. The maximum atomic E-state index is 14.2. The van der Waals surface area contributed by atoms with Gasteiger partial charge in [0, 0.05) is 36.9 Å². The smallest absolute Gasteiger partial charge is 0.248 e. The van der Waals surface area contributed by atoms with Crippen LogP contribution in [0.2, 0.25) is 0 Å². The number of fused-ring (bicyclic) bond motifs is 2. The van der Waals surface area contributed by atoms with E-state index in [4.69, 9.17) is 10.00 Å². The van der Waals surface area contributed by atoms with E-state index in [1.807, 2.05) is 6.07 Å². The molecule has 1 saturated carbocycles. The Hall–Kier alpha value is -3.05. The van der Waals surface area contributed by atoms with Gasteiger partial charge in [-0.3, -0.25) is 4.79 Å². The van der Waals surface area contributed by atoms with Crippen LogP contribution in [0.4, 0.5) is 14.6 Å². The van der Waals surface area contributed by atoms with E-state index in [0.717, 1.165) is 36.9 Å². The summed E-state index contributed by atoms with van der Waals surface area (Å²) in [4.78, 5) is 21.3. The van der Waals surface area contributed by atoms with E-state index in [-0.39, 0.29) is 30.2 Å². The van der Waals surface area contributed by atoms with Crippen LogP contribution in [0, 0.1) is 23.0 Å². The summed E-state index contributed by atoms with van der Waals surface area (Å²) in [6.45, 7) is 0.994. The van der Waals surface area contributed by atoms with E-state index in [9.17, 15) is 13.6 Å². The van der Waals surface area contributed by atoms with Crippen molar-refractivity contribution >= 4 is 11.7 Å². The lowest BCUT2D eigenvalue weighted by Gasteiger charge is -2.41. The maximum absolute atomic E-state index is 14.2. The number of nitrogens with zero attached hydrogens (tertiary/aromatic N) is 4. The average molecular weight is 424 g/mol. The molecule has 0 radical (unpaired) electrons. The van der Waals surface area contributed by atoms with Crippen LogP contribution < -0.4 is 4.90 Å². The Bertz CT molecular complexity index is 1030. The first-order chi connectivity index (χ1) is 15.0. The number of pyridine rings is 1. The largest absolute Gasteiger partial charge is 0.360 e. The van der Waals surface area contributed by atoms with Gasteiger partial charge in [0.2, 0.25) is 5.91 Å². The lowest BCUT2D eigenvalue weighted by Crippen LogP contribution is -2.56. The first kappa shape index (κ1) is 19.9. The topological polar surface area (TPSA) is 69.5 Å². The number of hydrogen-bond donors (Lipinski definition) is 0. The van der Waals surface area contributed by atoms with Crippen LogP contribution in [0.15, 0.2) is 36.5 Å². The Morgan fingerprint density at radius 3 is 2.55 bits per heavy atom. The molecule has 2 aromatic rings. The minimum absolute atomic E-state index is 0.132. The Morgan fingerprint density at radius 2 is 1.94 bits per heavy atom. The number of hydrogen-bond acceptors (Lipinski definition) is 5. The molecule has 160 valence electrons. The minimum atomic E-state index is -0.894. The highest BCUT2D eigenvalue weighted by Gasteiger charge is 2.49. The summed E-state index contributed by atoms with van der Waals surface area (Å²) in [5.74, 6) is -0.324. The number of aromatic nitrogens is 1. The molecule has 3 aliphatic rings. The number of amides is 1. The van der Waals surface area contributed by atoms with E-state index < -0.39 is 17.2 Å². The summed E-state index contributed by atoms with van der Waals surface area (Å²) in [5.41, 5.74) is -0.183. The molecule has 1 aliphatic carbocycles. The summed E-state index contributed by atoms with van der Waals surface area (Å²) < 4.78 is 33.6. The van der Waals surface area contributed by atoms with Crippen LogP contribution in [0.5, 0.6) is 0 Å². The fourth-order valence-corrected chi connectivity index (χ4v) is 4.83. The molecule has 8 heteroatoms. The predicted octanol–water partition coefficient (Wildman–Crippen LogP) is 3.12. The number of nitriles is 1. The summed E-state index contributed by atoms with van der Waals surface area (Å²) in [6.07, 6.45) is 4.65. The van der Waals surface area contributed by atoms with Crippen molar-refractivity contribution in [3.05, 3.63) is 59.3 Å². The first-order valence-corrected chi connectivity index (χ1v) is 10.5. The molecular weight excluding hydrogens is 402 g/mol. The molecule has 1 amide bonds. The molecule has 6 nitrogen and oxygen atoms in total. The summed E-state index contributed by atoms with van der Waals surface area (Å²) in [5, 5.41) is 8.97. The fraction of sp³-hybridized carbons (Fsp3) is 0.435. The Morgan fingerprint density at radius 1 is 1.19 bits per heavy atom. The van der Waals surface area contributed by atoms with Crippen LogP contribution in [0.1, 0.15) is 36.8 Å². The van der Waals surface area contributed by atoms with Crippen LogP contribution in [-0.2, 0) is 15.1 Å². The van der Waals surface area contributed by atoms with Gasteiger partial charge in [0.1, 0.15) is 30.1 Å². The Labute approximate surface area is 179 Å². The number of carbonyl (C=O) groups excluding carboxylic acids is 1. The van der Waals surface area contributed by atoms with Crippen molar-refractivity contribution in [3.63, 3.8) is 0 Å². The third kappa shape index (κ3) is 3.63. The average Bonchev–Trinajstić information content (AvgIpc) is 3.53. The summed E-state index contributed by atoms with van der Waals surface area (Å²) in [6, 6.07) is 9.36. The van der Waals surface area contributed by atoms with Gasteiger partial charge in [-0.05, 0) is 56.0 Å². The van der Waals surface area contributed by atoms with Crippen LogP contribution in [0.25, 0.3) is 0 Å². The molecule has 2 unspecified atom stereocenters. The molecular formula is C23H22F2N4O2. The molecule has 2 saturated heterocycles. The number of benzene rings is 1. The lowest BCUT2D eigenvalue weighted by molar-refractivity contribution is -0.140. The normalized spacial score (nSPS) is 23.5. The molecule has 1 aromatic heterocycles. The van der Waals surface area contributed by atoms with Crippen molar-refractivity contribution in [1.29, 1.82) is 5.26 Å². The Balaban J connectivity index is 1.23. The van der Waals surface area contributed by atoms with Gasteiger partial charge in [0.25, 0.3) is 0 Å². The zero-order valence-electron chi connectivity index (χ0n) is 16.9. The van der Waals surface area contributed by atoms with Gasteiger partial charge < -0.3 is 14.5 Å². The highest BCUT2D eigenvalue weighted by atomic mass is 19.1. The van der Waals surface area contributed by atoms with Gasteiger partial charge in [-0.2, -0.15) is 5.26 Å². The second kappa shape index (κ2) is 7.57. The van der Waals surface area contributed by atoms with Crippen molar-refractivity contribution < 1.29 is 18.3 Å². The van der Waals surface area contributed by atoms with Crippen LogP contribution >= 0.6 is 0 Å². The van der Waals surface area contributed by atoms with Gasteiger partial charge in [-0.15, -0.1) is 0 Å². The number of carbonyl (C=O) groups is 1. The molecule has 1 aromatic carbocycles. The lowest BCUT2D eigenvalue weighted by atomic mass is 10.1. The first-order valence-electron chi connectivity index (χ1n) is 10.5. The van der Waals surface area contributed by atoms with Crippen molar-refractivity contribution in [2.45, 2.75) is 43.4 Å². The number of likely N-dealkylation sites (tertiary alicyclic amines) is 1. The second-order valence-corrected chi connectivity index (χ2v) is 8.51. The van der Waals surface area contributed by atoms with Gasteiger partial charge in [-0.25, -0.2) is 13.8 Å². The van der Waals surface area contributed by atoms with E-state index in [1.54, 1.807) is 17.2 Å². The monoisotopic (exact) mass is 424 g/mol. The minimum Gasteiger partial charge on any atom is -0.360 e. The zero-order valence-corrected chi connectivity index (χ0v) is 16.9. The molecule has 2 atom stereocenters. The highest BCUT2D eigenvalue weighted by molar-refractivity contribution is 5.78. The highest BCUT2D eigenvalue weighted by Crippen LogP contribution is 2.50. The summed E-state index contributed by atoms with van der Waals surface area (Å²) >= 11 is 0. The molecule has 5 rings (SSSR count). The fourth-order valence-electron chi connectivity index (χ4n) is 4.83. The van der Waals surface area contributed by atoms with E-state index in [2.05, 4.69) is 16.0 Å². The number of piperazine rings is 1. The molecule has 0 spiro atoms. The Kier molecular flexibility index (Phi) is 4.86. The molecule has 3 heterocycles. The van der Waals surface area contributed by atoms with Crippen LogP contribution in [0.3, 0.4) is 0 Å². The van der Waals surface area contributed by atoms with Gasteiger partial charge in [0.05, 0.1) is 11.2 Å². The van der Waals surface area contributed by atoms with Crippen molar-refractivity contribution in [2.24, 2.45) is 0 Å². The van der Waals surface area contributed by atoms with Crippen molar-refractivity contribution in [2.75, 3.05) is 24.6 Å². The molecule has 0 N–H and O–H groups in total. The SMILES string of the molecule is N#Cc1ccc(N2C3CCC2CN(C(=O)COC2(c4cc(F)ccc4F)CC2)C3)nc1. The van der Waals surface area contributed by atoms with Crippen molar-refractivity contribution in [3.8, 4) is 6.07 Å². The third-order valence-electron chi connectivity index (χ3n) is 6.57. The standard InChI is InChI=1S/C23H22F2N4O2/c24-16-2-5-20(25)19(9-16)23(7-8-23)31-14-22(30)28-12-17-3-4-18(13-28)29(17)21-6-1-15(10-26)11-27-21/h1-2,5-6,9,11,17-18H,3-4,7-8,12-14H2. The second-order valence-electron chi connectivity index (χ2n) is 8.51. The van der Waals surface area contributed by atoms with Crippen molar-refractivity contribution in [1.82, 2.24) is 9.88 Å². The summed E-state index contributed by atoms with van der Waals surface area (Å²) in [7, 11) is 0. The third-order valence-corrected chi connectivity index (χ3v) is 6.57. The number of halogens is 2. The molecule has 3 fully saturated rings. The zero-order chi connectivity index (χ0) is 21.6. The van der Waals surface area contributed by atoms with E-state index in [0.29, 0.717) is 31.5 Å². The molecule has 31 heavy (non-hydrogen) atoms. The van der Waals surface area contributed by atoms with Gasteiger partial charge in [0.15, 0.2) is 0 Å². The predicted molar refractivity (Wildman–Crippen MR) is 108 cm³/mol.